The Bertz CT molecular complexity index is 2250. The number of ether oxygens (including phenoxy) is 2. The van der Waals surface area contributed by atoms with E-state index in [0.29, 0.717) is 56.1 Å². The highest BCUT2D eigenvalue weighted by molar-refractivity contribution is 6.01. The van der Waals surface area contributed by atoms with E-state index in [1.165, 1.54) is 11.3 Å². The molecule has 15 nitrogen and oxygen atoms in total. The normalized spacial score (nSPS) is 20.1. The van der Waals surface area contributed by atoms with Crippen molar-refractivity contribution in [1.82, 2.24) is 30.1 Å². The summed E-state index contributed by atoms with van der Waals surface area (Å²) in [4.78, 5) is 62.7. The molecule has 0 aliphatic carbocycles. The Morgan fingerprint density at radius 1 is 0.917 bits per heavy atom. The molecule has 5 aliphatic heterocycles. The fourth-order valence-electron chi connectivity index (χ4n) is 8.91. The van der Waals surface area contributed by atoms with Crippen LogP contribution in [0.5, 0.6) is 5.88 Å². The number of aromatic nitrogens is 3. The zero-order valence-electron chi connectivity index (χ0n) is 34.9. The van der Waals surface area contributed by atoms with Gasteiger partial charge in [0.15, 0.2) is 0 Å². The van der Waals surface area contributed by atoms with Gasteiger partial charge in [0.2, 0.25) is 23.6 Å². The highest BCUT2D eigenvalue weighted by Crippen LogP contribution is 2.40. The Kier molecular flexibility index (Phi) is 10.8. The molecule has 2 aromatic heterocycles. The number of anilines is 5. The van der Waals surface area contributed by atoms with Crippen molar-refractivity contribution in [2.45, 2.75) is 77.6 Å². The summed E-state index contributed by atoms with van der Waals surface area (Å²) in [7, 11) is 0. The van der Waals surface area contributed by atoms with Crippen molar-refractivity contribution in [1.29, 1.82) is 0 Å². The molecular weight excluding hydrogens is 761 g/mol. The predicted molar refractivity (Wildman–Crippen MR) is 229 cm³/mol. The first-order chi connectivity index (χ1) is 28.9. The van der Waals surface area contributed by atoms with E-state index in [4.69, 9.17) is 14.5 Å². The number of hydrogen-bond acceptors (Lipinski definition) is 13. The van der Waals surface area contributed by atoms with E-state index in [0.717, 1.165) is 92.5 Å². The van der Waals surface area contributed by atoms with Crippen LogP contribution in [0.25, 0.3) is 0 Å². The number of rotatable bonds is 8. The Labute approximate surface area is 351 Å². The molecule has 3 amide bonds. The van der Waals surface area contributed by atoms with Crippen molar-refractivity contribution in [2.75, 3.05) is 79.0 Å². The maximum absolute atomic E-state index is 13.2. The number of carbonyl (C=O) groups excluding carboxylic acids is 3. The third kappa shape index (κ3) is 8.46. The molecule has 4 aromatic rings. The maximum Gasteiger partial charge on any atom is 0.415 e. The zero-order valence-corrected chi connectivity index (χ0v) is 34.9. The molecule has 1 unspecified atom stereocenters. The van der Waals surface area contributed by atoms with Crippen LogP contribution >= 0.6 is 0 Å². The second-order valence-electron chi connectivity index (χ2n) is 17.5. The Balaban J connectivity index is 0.752. The van der Waals surface area contributed by atoms with Crippen molar-refractivity contribution in [3.05, 3.63) is 88.9 Å². The Morgan fingerprint density at radius 2 is 1.68 bits per heavy atom. The second-order valence-corrected chi connectivity index (χ2v) is 17.5. The summed E-state index contributed by atoms with van der Waals surface area (Å²) < 4.78 is 11.6. The third-order valence-corrected chi connectivity index (χ3v) is 12.3. The van der Waals surface area contributed by atoms with Gasteiger partial charge >= 0.3 is 6.09 Å². The van der Waals surface area contributed by atoms with Crippen LogP contribution in [-0.2, 0) is 33.8 Å². The number of piperidine rings is 1. The van der Waals surface area contributed by atoms with Crippen LogP contribution in [-0.4, -0.2) is 113 Å². The van der Waals surface area contributed by atoms with Gasteiger partial charge < -0.3 is 24.6 Å². The topological polar surface area (TPSA) is 149 Å². The Hall–Kier alpha value is -5.80. The average Bonchev–Trinajstić information content (AvgIpc) is 3.21. The molecular formula is C45H54N10O5. The molecule has 60 heavy (non-hydrogen) atoms. The van der Waals surface area contributed by atoms with E-state index in [-0.39, 0.29) is 17.7 Å². The number of carbonyl (C=O) groups is 3. The van der Waals surface area contributed by atoms with Crippen molar-refractivity contribution in [3.8, 4) is 5.88 Å². The van der Waals surface area contributed by atoms with Gasteiger partial charge in [0, 0.05) is 88.0 Å². The summed E-state index contributed by atoms with van der Waals surface area (Å²) in [6.07, 6.45) is 5.12. The quantitative estimate of drug-likeness (QED) is 0.226. The van der Waals surface area contributed by atoms with E-state index >= 15 is 0 Å². The summed E-state index contributed by atoms with van der Waals surface area (Å²) in [6, 6.07) is 17.4. The number of nitrogens with zero attached hydrogens (tertiary/aromatic N) is 8. The molecule has 3 saturated heterocycles. The largest absolute Gasteiger partial charge is 0.474 e. The molecule has 3 fully saturated rings. The summed E-state index contributed by atoms with van der Waals surface area (Å²) in [5.74, 6) is 0.390. The standard InChI is InChI=1S/C45H54N10O5/c1-29-38(24-46-42-40(29)55(21-22-59-42)44(58)60-45(2,3)4)53-16-15-32-23-47-43(49-37(32)28-53)48-33-9-5-30(6-10-33)25-51-17-19-52(20-18-51)35-26-54(27-35)34-11-7-31(8-12-34)36-13-14-39(56)50-41(36)57/h5-12,23-24,35-36H,13-22,25-28H2,1-4H3,(H,47,48,49)(H,50,56,57). The van der Waals surface area contributed by atoms with Gasteiger partial charge in [-0.25, -0.2) is 19.7 Å². The first-order valence-electron chi connectivity index (χ1n) is 21.2. The van der Waals surface area contributed by atoms with E-state index in [1.807, 2.05) is 52.2 Å². The molecule has 2 N–H and O–H groups in total. The van der Waals surface area contributed by atoms with Gasteiger partial charge in [0.25, 0.3) is 0 Å². The first-order valence-corrected chi connectivity index (χ1v) is 21.2. The second kappa shape index (κ2) is 16.3. The van der Waals surface area contributed by atoms with Crippen LogP contribution in [0.3, 0.4) is 0 Å². The number of nitrogens with one attached hydrogen (secondary N) is 2. The lowest BCUT2D eigenvalue weighted by molar-refractivity contribution is -0.134. The van der Waals surface area contributed by atoms with E-state index < -0.39 is 11.7 Å². The lowest BCUT2D eigenvalue weighted by Crippen LogP contribution is -2.63. The zero-order chi connectivity index (χ0) is 41.5. The van der Waals surface area contributed by atoms with Crippen molar-refractivity contribution < 1.29 is 23.9 Å². The number of piperazine rings is 1. The van der Waals surface area contributed by atoms with E-state index in [9.17, 15) is 14.4 Å². The number of benzene rings is 2. The summed E-state index contributed by atoms with van der Waals surface area (Å²) in [6.45, 7) is 16.8. The maximum atomic E-state index is 13.2. The molecule has 0 saturated carbocycles. The molecule has 0 spiro atoms. The molecule has 1 atom stereocenters. The van der Waals surface area contributed by atoms with Crippen LogP contribution in [0.1, 0.15) is 67.5 Å². The first kappa shape index (κ1) is 39.6. The minimum Gasteiger partial charge on any atom is -0.474 e. The van der Waals surface area contributed by atoms with Gasteiger partial charge in [-0.3, -0.25) is 29.6 Å². The van der Waals surface area contributed by atoms with Crippen LogP contribution in [0.4, 0.5) is 33.5 Å². The van der Waals surface area contributed by atoms with Crippen LogP contribution in [0.2, 0.25) is 0 Å². The highest BCUT2D eigenvalue weighted by atomic mass is 16.6. The van der Waals surface area contributed by atoms with Gasteiger partial charge in [0.1, 0.15) is 17.9 Å². The van der Waals surface area contributed by atoms with Gasteiger partial charge in [-0.15, -0.1) is 0 Å². The minimum atomic E-state index is -0.613. The molecule has 9 rings (SSSR count). The molecule has 0 bridgehead atoms. The minimum absolute atomic E-state index is 0.180. The van der Waals surface area contributed by atoms with Crippen LogP contribution in [0, 0.1) is 6.92 Å². The summed E-state index contributed by atoms with van der Waals surface area (Å²) in [5.41, 5.74) is 8.36. The average molecular weight is 815 g/mol. The molecule has 7 heterocycles. The van der Waals surface area contributed by atoms with E-state index in [1.54, 1.807) is 4.90 Å². The van der Waals surface area contributed by atoms with Crippen molar-refractivity contribution >= 4 is 46.6 Å². The SMILES string of the molecule is Cc1c(N2CCc3cnc(Nc4ccc(CN5CCN(C6CN(c7ccc(C8CCC(=O)NC8=O)cc7)C6)CC5)cc4)nc3C2)cnc2c1N(C(=O)OC(C)(C)C)CCO2. The number of fused-ring (bicyclic) bond motifs is 2. The predicted octanol–water partition coefficient (Wildman–Crippen LogP) is 5.15. The third-order valence-electron chi connectivity index (χ3n) is 12.3. The van der Waals surface area contributed by atoms with Gasteiger partial charge in [-0.05, 0) is 81.5 Å². The van der Waals surface area contributed by atoms with Crippen LogP contribution in [0.15, 0.2) is 60.9 Å². The fourth-order valence-corrected chi connectivity index (χ4v) is 8.91. The summed E-state index contributed by atoms with van der Waals surface area (Å²) >= 11 is 0. The van der Waals surface area contributed by atoms with Gasteiger partial charge in [0.05, 0.1) is 36.6 Å². The summed E-state index contributed by atoms with van der Waals surface area (Å²) in [5, 5.41) is 5.88. The number of imide groups is 1. The van der Waals surface area contributed by atoms with Crippen LogP contribution < -0.4 is 30.1 Å². The molecule has 314 valence electrons. The molecule has 0 radical (unpaired) electrons. The molecule has 5 aliphatic rings. The number of hydrogen-bond donors (Lipinski definition) is 2. The number of pyridine rings is 1. The lowest BCUT2D eigenvalue weighted by Gasteiger charge is -2.49. The van der Waals surface area contributed by atoms with E-state index in [2.05, 4.69) is 76.6 Å². The van der Waals surface area contributed by atoms with Crippen molar-refractivity contribution in [2.24, 2.45) is 0 Å². The highest BCUT2D eigenvalue weighted by Gasteiger charge is 2.35. The number of amides is 3. The smallest absolute Gasteiger partial charge is 0.415 e. The van der Waals surface area contributed by atoms with Gasteiger partial charge in [-0.2, -0.15) is 0 Å². The fraction of sp³-hybridized carbons (Fsp3) is 0.467. The molecule has 2 aromatic carbocycles. The van der Waals surface area contributed by atoms with Crippen molar-refractivity contribution in [3.63, 3.8) is 0 Å². The monoisotopic (exact) mass is 814 g/mol. The lowest BCUT2D eigenvalue weighted by atomic mass is 9.90. The van der Waals surface area contributed by atoms with Gasteiger partial charge in [-0.1, -0.05) is 24.3 Å². The molecule has 15 heteroatoms. The Morgan fingerprint density at radius 3 is 2.42 bits per heavy atom.